The van der Waals surface area contributed by atoms with Crippen molar-refractivity contribution in [2.75, 3.05) is 24.5 Å². The van der Waals surface area contributed by atoms with Gasteiger partial charge in [0.15, 0.2) is 0 Å². The molecule has 0 radical (unpaired) electrons. The van der Waals surface area contributed by atoms with Gasteiger partial charge < -0.3 is 15.2 Å². The summed E-state index contributed by atoms with van der Waals surface area (Å²) in [6.45, 7) is 2.79. The smallest absolute Gasteiger partial charge is 0.324 e. The zero-order valence-corrected chi connectivity index (χ0v) is 18.2. The molecule has 166 valence electrons. The second-order valence-electron chi connectivity index (χ2n) is 8.45. The van der Waals surface area contributed by atoms with E-state index in [1.54, 1.807) is 4.90 Å². The van der Waals surface area contributed by atoms with E-state index in [1.165, 1.54) is 31.3 Å². The molecule has 1 aromatic carbocycles. The van der Waals surface area contributed by atoms with E-state index >= 15 is 0 Å². The maximum atomic E-state index is 12.6. The normalized spacial score (nSPS) is 15.6. The van der Waals surface area contributed by atoms with Crippen molar-refractivity contribution in [1.29, 1.82) is 0 Å². The van der Waals surface area contributed by atoms with Crippen LogP contribution in [0.4, 0.5) is 10.7 Å². The Morgan fingerprint density at radius 2 is 1.90 bits per heavy atom. The number of fused-ring (bicyclic) bond motifs is 3. The summed E-state index contributed by atoms with van der Waals surface area (Å²) in [5.41, 5.74) is 3.49. The number of imidazole rings is 1. The number of nitrogens with one attached hydrogen (secondary N) is 2. The number of carbonyl (C=O) groups is 2. The molecule has 0 saturated carbocycles. The Morgan fingerprint density at radius 1 is 1.00 bits per heavy atom. The van der Waals surface area contributed by atoms with Gasteiger partial charge in [-0.25, -0.2) is 9.78 Å². The number of carbonyl (C=O) groups excluding carboxylic acids is 2. The van der Waals surface area contributed by atoms with E-state index in [0.717, 1.165) is 55.8 Å². The minimum absolute atomic E-state index is 0.0937. The molecule has 0 unspecified atom stereocenters. The Hall–Kier alpha value is -2.83. The molecule has 0 spiro atoms. The molecule has 0 fully saturated rings. The Bertz CT molecular complexity index is 949. The lowest BCUT2D eigenvalue weighted by atomic mass is 9.97. The predicted molar refractivity (Wildman–Crippen MR) is 123 cm³/mol. The van der Waals surface area contributed by atoms with Crippen LogP contribution in [0, 0.1) is 0 Å². The van der Waals surface area contributed by atoms with E-state index in [2.05, 4.69) is 26.3 Å². The van der Waals surface area contributed by atoms with Crippen LogP contribution >= 0.6 is 0 Å². The Kier molecular flexibility index (Phi) is 7.22. The first-order valence-electron chi connectivity index (χ1n) is 11.7. The Labute approximate surface area is 183 Å². The van der Waals surface area contributed by atoms with E-state index in [1.807, 2.05) is 24.3 Å². The fourth-order valence-electron chi connectivity index (χ4n) is 4.44. The van der Waals surface area contributed by atoms with Crippen molar-refractivity contribution in [3.05, 3.63) is 35.9 Å². The van der Waals surface area contributed by atoms with Crippen LogP contribution < -0.4 is 15.5 Å². The number of rotatable bonds is 9. The van der Waals surface area contributed by atoms with Gasteiger partial charge in [-0.05, 0) is 57.1 Å². The molecule has 2 N–H and O–H groups in total. The molecular weight excluding hydrogens is 390 g/mol. The molecule has 7 heteroatoms. The number of urea groups is 1. The molecule has 4 rings (SSSR count). The largest absolute Gasteiger partial charge is 0.356 e. The number of anilines is 1. The lowest BCUT2D eigenvalue weighted by Crippen LogP contribution is -2.39. The summed E-state index contributed by atoms with van der Waals surface area (Å²) in [5, 5.41) is 6.03. The van der Waals surface area contributed by atoms with E-state index in [0.29, 0.717) is 19.5 Å². The summed E-state index contributed by atoms with van der Waals surface area (Å²) >= 11 is 0. The van der Waals surface area contributed by atoms with Gasteiger partial charge in [-0.3, -0.25) is 9.69 Å². The molecule has 0 saturated heterocycles. The summed E-state index contributed by atoms with van der Waals surface area (Å²) in [5.74, 6) is 0.857. The number of aromatic nitrogens is 2. The number of benzene rings is 1. The lowest BCUT2D eigenvalue weighted by molar-refractivity contribution is -0.121. The van der Waals surface area contributed by atoms with Crippen LogP contribution in [0.1, 0.15) is 57.8 Å². The maximum absolute atomic E-state index is 12.6. The zero-order chi connectivity index (χ0) is 21.5. The van der Waals surface area contributed by atoms with Gasteiger partial charge in [-0.15, -0.1) is 0 Å². The van der Waals surface area contributed by atoms with Crippen molar-refractivity contribution in [3.63, 3.8) is 0 Å². The first-order valence-corrected chi connectivity index (χ1v) is 11.7. The summed E-state index contributed by atoms with van der Waals surface area (Å²) in [4.78, 5) is 30.9. The van der Waals surface area contributed by atoms with Crippen molar-refractivity contribution in [1.82, 2.24) is 20.2 Å². The van der Waals surface area contributed by atoms with Gasteiger partial charge in [0.1, 0.15) is 0 Å². The molecule has 0 bridgehead atoms. The third-order valence-electron chi connectivity index (χ3n) is 6.18. The van der Waals surface area contributed by atoms with Gasteiger partial charge in [0.25, 0.3) is 0 Å². The van der Waals surface area contributed by atoms with E-state index in [-0.39, 0.29) is 11.9 Å². The van der Waals surface area contributed by atoms with Gasteiger partial charge in [0.05, 0.1) is 11.0 Å². The summed E-state index contributed by atoms with van der Waals surface area (Å²) < 4.78 is 2.10. The third-order valence-corrected chi connectivity index (χ3v) is 6.18. The monoisotopic (exact) mass is 423 g/mol. The number of para-hydroxylation sites is 2. The highest BCUT2D eigenvalue weighted by atomic mass is 16.2. The highest BCUT2D eigenvalue weighted by Gasteiger charge is 2.27. The number of unbranched alkanes of at least 4 members (excludes halogenated alkanes) is 2. The number of nitrogens with zero attached hydrogens (tertiary/aromatic N) is 3. The topological polar surface area (TPSA) is 79.3 Å². The number of allylic oxidation sites excluding steroid dienone is 1. The average Bonchev–Trinajstić information content (AvgIpc) is 3.36. The molecule has 3 amide bonds. The fourth-order valence-corrected chi connectivity index (χ4v) is 4.44. The predicted octanol–water partition coefficient (Wildman–Crippen LogP) is 4.13. The van der Waals surface area contributed by atoms with Gasteiger partial charge in [-0.1, -0.05) is 30.2 Å². The standard InChI is InChI=1S/C24H33N5O2/c30-22(25-16-14-19-9-3-1-4-10-19)13-5-2-8-15-26-24(31)29-18-17-28-21-12-7-6-11-20(21)27-23(28)29/h6-7,9,11-12H,1-5,8,10,13-18H2,(H,25,30)(H,26,31). The van der Waals surface area contributed by atoms with Crippen LogP contribution in [0.3, 0.4) is 0 Å². The molecule has 2 aliphatic rings. The molecule has 1 aliphatic carbocycles. The molecule has 2 aromatic rings. The Morgan fingerprint density at radius 3 is 2.77 bits per heavy atom. The van der Waals surface area contributed by atoms with Gasteiger partial charge in [0.2, 0.25) is 11.9 Å². The van der Waals surface area contributed by atoms with Crippen LogP contribution in [0.25, 0.3) is 11.0 Å². The van der Waals surface area contributed by atoms with Crippen LogP contribution in [-0.4, -0.2) is 41.1 Å². The first-order chi connectivity index (χ1) is 15.2. The number of hydrogen-bond acceptors (Lipinski definition) is 3. The van der Waals surface area contributed by atoms with Crippen molar-refractivity contribution in [3.8, 4) is 0 Å². The van der Waals surface area contributed by atoms with E-state index in [9.17, 15) is 9.59 Å². The van der Waals surface area contributed by atoms with E-state index in [4.69, 9.17) is 0 Å². The van der Waals surface area contributed by atoms with Crippen LogP contribution in [0.2, 0.25) is 0 Å². The van der Waals surface area contributed by atoms with Gasteiger partial charge in [0, 0.05) is 32.6 Å². The van der Waals surface area contributed by atoms with Crippen LogP contribution in [0.5, 0.6) is 0 Å². The van der Waals surface area contributed by atoms with Gasteiger partial charge in [-0.2, -0.15) is 0 Å². The SMILES string of the molecule is O=C(CCCCCNC(=O)N1CCn2c1nc1ccccc12)NCCC1=CCCCC1. The average molecular weight is 424 g/mol. The molecule has 1 aromatic heterocycles. The minimum atomic E-state index is -0.0937. The number of hydrogen-bond donors (Lipinski definition) is 2. The summed E-state index contributed by atoms with van der Waals surface area (Å²) in [7, 11) is 0. The van der Waals surface area contributed by atoms with Crippen LogP contribution in [0.15, 0.2) is 35.9 Å². The maximum Gasteiger partial charge on any atom is 0.324 e. The Balaban J connectivity index is 1.09. The third kappa shape index (κ3) is 5.46. The second kappa shape index (κ2) is 10.5. The summed E-state index contributed by atoms with van der Waals surface area (Å²) in [6.07, 6.45) is 11.5. The summed E-state index contributed by atoms with van der Waals surface area (Å²) in [6, 6.07) is 7.87. The van der Waals surface area contributed by atoms with Crippen molar-refractivity contribution in [2.45, 2.75) is 64.3 Å². The zero-order valence-electron chi connectivity index (χ0n) is 18.2. The highest BCUT2D eigenvalue weighted by molar-refractivity contribution is 5.93. The molecule has 2 heterocycles. The lowest BCUT2D eigenvalue weighted by Gasteiger charge is -2.15. The fraction of sp³-hybridized carbons (Fsp3) is 0.542. The molecule has 1 aliphatic heterocycles. The van der Waals surface area contributed by atoms with Crippen molar-refractivity contribution in [2.24, 2.45) is 0 Å². The molecular formula is C24H33N5O2. The molecule has 7 nitrogen and oxygen atoms in total. The molecule has 31 heavy (non-hydrogen) atoms. The van der Waals surface area contributed by atoms with Crippen molar-refractivity contribution < 1.29 is 9.59 Å². The van der Waals surface area contributed by atoms with Gasteiger partial charge >= 0.3 is 6.03 Å². The second-order valence-corrected chi connectivity index (χ2v) is 8.45. The van der Waals surface area contributed by atoms with Crippen LogP contribution in [-0.2, 0) is 11.3 Å². The van der Waals surface area contributed by atoms with E-state index < -0.39 is 0 Å². The highest BCUT2D eigenvalue weighted by Crippen LogP contribution is 2.27. The quantitative estimate of drug-likeness (QED) is 0.470. The van der Waals surface area contributed by atoms with Crippen molar-refractivity contribution >= 4 is 28.9 Å². The first kappa shape index (κ1) is 21.4. The number of amides is 3. The molecule has 0 atom stereocenters. The minimum Gasteiger partial charge on any atom is -0.356 e.